The number of primary amides is 1. The number of halogens is 1. The van der Waals surface area contributed by atoms with E-state index in [-0.39, 0.29) is 0 Å². The largest absolute Gasteiger partial charge is 0.366 e. The first-order valence-electron chi connectivity index (χ1n) is 6.20. The summed E-state index contributed by atoms with van der Waals surface area (Å²) in [5, 5.41) is 2.57. The molecule has 2 aromatic rings. The molecule has 2 aromatic carbocycles. The lowest BCUT2D eigenvalue weighted by molar-refractivity contribution is -0.111. The Kier molecular flexibility index (Phi) is 4.46. The molecule has 0 aromatic heterocycles. The number of hydrogen-bond donors (Lipinski definition) is 2. The average molecular weight is 284 g/mol. The third-order valence-electron chi connectivity index (χ3n) is 2.73. The summed E-state index contributed by atoms with van der Waals surface area (Å²) in [6, 6.07) is 12.4. The summed E-state index contributed by atoms with van der Waals surface area (Å²) in [7, 11) is 0. The van der Waals surface area contributed by atoms with Crippen molar-refractivity contribution in [3.8, 4) is 0 Å². The summed E-state index contributed by atoms with van der Waals surface area (Å²) in [6.07, 6.45) is 2.60. The van der Waals surface area contributed by atoms with Crippen LogP contribution in [0.15, 0.2) is 54.6 Å². The van der Waals surface area contributed by atoms with Gasteiger partial charge in [-0.05, 0) is 30.3 Å². The van der Waals surface area contributed by atoms with Crippen LogP contribution in [0, 0.1) is 5.82 Å². The minimum absolute atomic E-state index is 0.297. The van der Waals surface area contributed by atoms with Crippen molar-refractivity contribution in [2.24, 2.45) is 5.73 Å². The molecule has 0 spiro atoms. The van der Waals surface area contributed by atoms with Crippen molar-refractivity contribution in [3.63, 3.8) is 0 Å². The lowest BCUT2D eigenvalue weighted by atomic mass is 10.2. The van der Waals surface area contributed by atoms with Gasteiger partial charge in [-0.15, -0.1) is 0 Å². The number of benzene rings is 2. The van der Waals surface area contributed by atoms with Gasteiger partial charge in [0.1, 0.15) is 5.82 Å². The van der Waals surface area contributed by atoms with Crippen LogP contribution in [0.5, 0.6) is 0 Å². The first-order valence-corrected chi connectivity index (χ1v) is 6.20. The van der Waals surface area contributed by atoms with E-state index in [1.54, 1.807) is 36.4 Å². The molecule has 0 saturated heterocycles. The molecular weight excluding hydrogens is 271 g/mol. The molecule has 0 bridgehead atoms. The molecule has 21 heavy (non-hydrogen) atoms. The first-order chi connectivity index (χ1) is 10.1. The summed E-state index contributed by atoms with van der Waals surface area (Å²) in [4.78, 5) is 22.8. The average Bonchev–Trinajstić information content (AvgIpc) is 2.46. The zero-order valence-electron chi connectivity index (χ0n) is 11.0. The molecule has 2 rings (SSSR count). The Morgan fingerprint density at radius 1 is 1.10 bits per heavy atom. The predicted octanol–water partition coefficient (Wildman–Crippen LogP) is 2.58. The highest BCUT2D eigenvalue weighted by Crippen LogP contribution is 2.11. The third-order valence-corrected chi connectivity index (χ3v) is 2.73. The zero-order valence-corrected chi connectivity index (χ0v) is 11.0. The Balaban J connectivity index is 2.07. The Morgan fingerprint density at radius 3 is 2.57 bits per heavy atom. The number of carbonyl (C=O) groups is 2. The number of anilines is 1. The molecule has 0 atom stereocenters. The molecule has 0 aliphatic heterocycles. The van der Waals surface area contributed by atoms with E-state index in [4.69, 9.17) is 5.73 Å². The molecule has 4 nitrogen and oxygen atoms in total. The van der Waals surface area contributed by atoms with Crippen molar-refractivity contribution >= 4 is 23.6 Å². The van der Waals surface area contributed by atoms with Crippen LogP contribution in [0.1, 0.15) is 15.9 Å². The minimum Gasteiger partial charge on any atom is -0.366 e. The Morgan fingerprint density at radius 2 is 1.86 bits per heavy atom. The van der Waals surface area contributed by atoms with Crippen LogP contribution >= 0.6 is 0 Å². The standard InChI is InChI=1S/C16H13FN2O2/c17-14-7-2-1-4-11(14)8-9-15(20)19-13-6-3-5-12(10-13)16(18)21/h1-10H,(H2,18,21)(H,19,20)/b9-8+. The van der Waals surface area contributed by atoms with Gasteiger partial charge in [0.25, 0.3) is 0 Å². The molecule has 5 heteroatoms. The van der Waals surface area contributed by atoms with Gasteiger partial charge < -0.3 is 11.1 Å². The fraction of sp³-hybridized carbons (Fsp3) is 0. The second-order valence-corrected chi connectivity index (χ2v) is 4.29. The van der Waals surface area contributed by atoms with E-state index in [9.17, 15) is 14.0 Å². The first kappa shape index (κ1) is 14.5. The number of amides is 2. The van der Waals surface area contributed by atoms with Gasteiger partial charge in [-0.3, -0.25) is 9.59 Å². The SMILES string of the molecule is NC(=O)c1cccc(NC(=O)/C=C/c2ccccc2F)c1. The van der Waals surface area contributed by atoms with E-state index >= 15 is 0 Å². The molecule has 0 radical (unpaired) electrons. The van der Waals surface area contributed by atoms with Crippen molar-refractivity contribution in [1.82, 2.24) is 0 Å². The normalized spacial score (nSPS) is 10.5. The van der Waals surface area contributed by atoms with Gasteiger partial charge in [0, 0.05) is 22.9 Å². The molecule has 3 N–H and O–H groups in total. The lowest BCUT2D eigenvalue weighted by Crippen LogP contribution is -2.12. The quantitative estimate of drug-likeness (QED) is 0.847. The number of nitrogens with two attached hydrogens (primary N) is 1. The van der Waals surface area contributed by atoms with E-state index < -0.39 is 17.6 Å². The second kappa shape index (κ2) is 6.47. The molecule has 0 saturated carbocycles. The molecule has 0 aliphatic carbocycles. The molecule has 0 fully saturated rings. The maximum Gasteiger partial charge on any atom is 0.248 e. The van der Waals surface area contributed by atoms with Crippen LogP contribution in [-0.2, 0) is 4.79 Å². The fourth-order valence-electron chi connectivity index (χ4n) is 1.71. The Labute approximate surface area is 121 Å². The second-order valence-electron chi connectivity index (χ2n) is 4.29. The van der Waals surface area contributed by atoms with E-state index in [1.807, 2.05) is 0 Å². The maximum atomic E-state index is 13.4. The summed E-state index contributed by atoms with van der Waals surface area (Å²) < 4.78 is 13.4. The van der Waals surface area contributed by atoms with Crippen LogP contribution in [0.25, 0.3) is 6.08 Å². The molecule has 106 valence electrons. The topological polar surface area (TPSA) is 72.2 Å². The van der Waals surface area contributed by atoms with Gasteiger partial charge in [-0.25, -0.2) is 4.39 Å². The van der Waals surface area contributed by atoms with Crippen LogP contribution in [-0.4, -0.2) is 11.8 Å². The molecule has 0 heterocycles. The summed E-state index contributed by atoms with van der Waals surface area (Å²) >= 11 is 0. The highest BCUT2D eigenvalue weighted by molar-refractivity contribution is 6.03. The van der Waals surface area contributed by atoms with Crippen molar-refractivity contribution < 1.29 is 14.0 Å². The summed E-state index contributed by atoms with van der Waals surface area (Å²) in [5.41, 5.74) is 6.21. The fourth-order valence-corrected chi connectivity index (χ4v) is 1.71. The van der Waals surface area contributed by atoms with Crippen LogP contribution in [0.3, 0.4) is 0 Å². The smallest absolute Gasteiger partial charge is 0.248 e. The lowest BCUT2D eigenvalue weighted by Gasteiger charge is -2.03. The van der Waals surface area contributed by atoms with Crippen LogP contribution in [0.2, 0.25) is 0 Å². The molecule has 0 aliphatic rings. The highest BCUT2D eigenvalue weighted by Gasteiger charge is 2.03. The zero-order chi connectivity index (χ0) is 15.2. The van der Waals surface area contributed by atoms with Gasteiger partial charge in [-0.1, -0.05) is 24.3 Å². The van der Waals surface area contributed by atoms with Crippen molar-refractivity contribution in [1.29, 1.82) is 0 Å². The number of hydrogen-bond acceptors (Lipinski definition) is 2. The summed E-state index contributed by atoms with van der Waals surface area (Å²) in [6.45, 7) is 0. The van der Waals surface area contributed by atoms with Crippen molar-refractivity contribution in [2.45, 2.75) is 0 Å². The van der Waals surface area contributed by atoms with Gasteiger partial charge in [0.2, 0.25) is 11.8 Å². The minimum atomic E-state index is -0.576. The molecular formula is C16H13FN2O2. The van der Waals surface area contributed by atoms with Gasteiger partial charge in [0.15, 0.2) is 0 Å². The van der Waals surface area contributed by atoms with Gasteiger partial charge in [0.05, 0.1) is 0 Å². The number of rotatable bonds is 4. The summed E-state index contributed by atoms with van der Waals surface area (Å²) in [5.74, 6) is -1.41. The Bertz CT molecular complexity index is 711. The number of carbonyl (C=O) groups excluding carboxylic acids is 2. The maximum absolute atomic E-state index is 13.4. The molecule has 2 amide bonds. The van der Waals surface area contributed by atoms with Gasteiger partial charge in [-0.2, -0.15) is 0 Å². The van der Waals surface area contributed by atoms with Crippen LogP contribution in [0.4, 0.5) is 10.1 Å². The third kappa shape index (κ3) is 4.01. The monoisotopic (exact) mass is 284 g/mol. The van der Waals surface area contributed by atoms with E-state index in [2.05, 4.69) is 5.32 Å². The molecule has 0 unspecified atom stereocenters. The van der Waals surface area contributed by atoms with Crippen LogP contribution < -0.4 is 11.1 Å². The van der Waals surface area contributed by atoms with Crippen molar-refractivity contribution in [3.05, 3.63) is 71.6 Å². The highest BCUT2D eigenvalue weighted by atomic mass is 19.1. The van der Waals surface area contributed by atoms with E-state index in [0.29, 0.717) is 16.8 Å². The predicted molar refractivity (Wildman–Crippen MR) is 79.0 cm³/mol. The Hall–Kier alpha value is -2.95. The number of nitrogens with one attached hydrogen (secondary N) is 1. The van der Waals surface area contributed by atoms with E-state index in [1.165, 1.54) is 24.3 Å². The van der Waals surface area contributed by atoms with Crippen molar-refractivity contribution in [2.75, 3.05) is 5.32 Å². The van der Waals surface area contributed by atoms with E-state index in [0.717, 1.165) is 0 Å². The van der Waals surface area contributed by atoms with Gasteiger partial charge >= 0.3 is 0 Å².